The third-order valence-electron chi connectivity index (χ3n) is 10.3. The molecular weight excluding hydrogens is 781 g/mol. The highest BCUT2D eigenvalue weighted by atomic mass is 16.6. The van der Waals surface area contributed by atoms with Crippen LogP contribution in [0.4, 0.5) is 0 Å². The first kappa shape index (κ1) is 59.1. The van der Waals surface area contributed by atoms with E-state index in [0.29, 0.717) is 19.3 Å². The van der Waals surface area contributed by atoms with Gasteiger partial charge in [-0.05, 0) is 116 Å². The molecular formula is C57H92O6. The van der Waals surface area contributed by atoms with Gasteiger partial charge in [0.05, 0.1) is 0 Å². The molecule has 0 bridgehead atoms. The quantitative estimate of drug-likeness (QED) is 0.0263. The molecule has 0 rings (SSSR count). The highest BCUT2D eigenvalue weighted by Crippen LogP contribution is 2.13. The number of rotatable bonds is 44. The second kappa shape index (κ2) is 50.7. The van der Waals surface area contributed by atoms with Gasteiger partial charge in [-0.3, -0.25) is 14.4 Å². The minimum absolute atomic E-state index is 0.103. The number of ether oxygens (including phenoxy) is 3. The molecule has 0 aromatic carbocycles. The van der Waals surface area contributed by atoms with Gasteiger partial charge in [-0.1, -0.05) is 188 Å². The molecule has 0 saturated heterocycles. The molecule has 6 nitrogen and oxygen atoms in total. The van der Waals surface area contributed by atoms with E-state index in [-0.39, 0.29) is 31.1 Å². The van der Waals surface area contributed by atoms with Crippen molar-refractivity contribution in [2.45, 2.75) is 219 Å². The zero-order valence-electron chi connectivity index (χ0n) is 40.5. The van der Waals surface area contributed by atoms with E-state index in [4.69, 9.17) is 14.2 Å². The minimum Gasteiger partial charge on any atom is -0.462 e. The van der Waals surface area contributed by atoms with E-state index in [1.54, 1.807) is 0 Å². The molecule has 63 heavy (non-hydrogen) atoms. The van der Waals surface area contributed by atoms with Gasteiger partial charge < -0.3 is 14.2 Å². The van der Waals surface area contributed by atoms with Crippen molar-refractivity contribution < 1.29 is 28.6 Å². The highest BCUT2D eigenvalue weighted by Gasteiger charge is 2.19. The molecule has 0 spiro atoms. The van der Waals surface area contributed by atoms with E-state index in [9.17, 15) is 14.4 Å². The van der Waals surface area contributed by atoms with Crippen LogP contribution in [0.2, 0.25) is 0 Å². The number of hydrogen-bond acceptors (Lipinski definition) is 6. The van der Waals surface area contributed by atoms with Gasteiger partial charge in [0.15, 0.2) is 6.10 Å². The number of carbonyl (C=O) groups excluding carboxylic acids is 3. The fourth-order valence-electron chi connectivity index (χ4n) is 6.54. The molecule has 0 heterocycles. The first-order valence-electron chi connectivity index (χ1n) is 25.4. The molecule has 0 aliphatic rings. The molecule has 0 amide bonds. The first-order chi connectivity index (χ1) is 31.0. The molecule has 0 aromatic heterocycles. The lowest BCUT2D eigenvalue weighted by Gasteiger charge is -2.18. The Morgan fingerprint density at radius 3 is 0.921 bits per heavy atom. The van der Waals surface area contributed by atoms with E-state index in [0.717, 1.165) is 135 Å². The topological polar surface area (TPSA) is 78.9 Å². The Morgan fingerprint density at radius 1 is 0.317 bits per heavy atom. The van der Waals surface area contributed by atoms with Crippen LogP contribution in [0.5, 0.6) is 0 Å². The van der Waals surface area contributed by atoms with Crippen molar-refractivity contribution in [2.24, 2.45) is 0 Å². The number of esters is 3. The normalized spacial score (nSPS) is 13.0. The Balaban J connectivity index is 4.45. The van der Waals surface area contributed by atoms with Gasteiger partial charge in [-0.2, -0.15) is 0 Å². The fourth-order valence-corrected chi connectivity index (χ4v) is 6.54. The molecule has 6 heteroatoms. The molecule has 1 atom stereocenters. The number of unbranched alkanes of at least 4 members (excludes halogenated alkanes) is 15. The van der Waals surface area contributed by atoms with Crippen LogP contribution in [0.15, 0.2) is 109 Å². The largest absolute Gasteiger partial charge is 0.462 e. The van der Waals surface area contributed by atoms with E-state index in [1.807, 2.05) is 0 Å². The molecule has 0 aliphatic carbocycles. The molecule has 356 valence electrons. The van der Waals surface area contributed by atoms with Crippen LogP contribution < -0.4 is 0 Å². The maximum Gasteiger partial charge on any atom is 0.306 e. The summed E-state index contributed by atoms with van der Waals surface area (Å²) in [6, 6.07) is 0. The third kappa shape index (κ3) is 49.0. The molecule has 1 unspecified atom stereocenters. The van der Waals surface area contributed by atoms with Crippen LogP contribution in [0.25, 0.3) is 0 Å². The molecule has 0 aliphatic heterocycles. The second-order valence-corrected chi connectivity index (χ2v) is 16.3. The molecule has 0 radical (unpaired) electrons. The summed E-state index contributed by atoms with van der Waals surface area (Å²) in [5.41, 5.74) is 0. The molecule has 0 saturated carbocycles. The number of carbonyl (C=O) groups is 3. The van der Waals surface area contributed by atoms with Crippen molar-refractivity contribution in [3.05, 3.63) is 109 Å². The van der Waals surface area contributed by atoms with Gasteiger partial charge in [0.2, 0.25) is 0 Å². The Morgan fingerprint density at radius 2 is 0.571 bits per heavy atom. The molecule has 0 aromatic rings. The summed E-state index contributed by atoms with van der Waals surface area (Å²) >= 11 is 0. The summed E-state index contributed by atoms with van der Waals surface area (Å²) in [5.74, 6) is -0.972. The van der Waals surface area contributed by atoms with E-state index in [1.165, 1.54) is 38.5 Å². The van der Waals surface area contributed by atoms with Crippen LogP contribution in [0.3, 0.4) is 0 Å². The average molecular weight is 873 g/mol. The van der Waals surface area contributed by atoms with Crippen molar-refractivity contribution >= 4 is 17.9 Å². The number of allylic oxidation sites excluding steroid dienone is 18. The lowest BCUT2D eigenvalue weighted by molar-refractivity contribution is -0.167. The predicted octanol–water partition coefficient (Wildman–Crippen LogP) is 16.8. The Bertz CT molecular complexity index is 1330. The summed E-state index contributed by atoms with van der Waals surface area (Å²) in [6.45, 7) is 6.23. The zero-order valence-corrected chi connectivity index (χ0v) is 40.5. The van der Waals surface area contributed by atoms with Crippen molar-refractivity contribution in [1.82, 2.24) is 0 Å². The average Bonchev–Trinajstić information content (AvgIpc) is 3.28. The van der Waals surface area contributed by atoms with Gasteiger partial charge >= 0.3 is 17.9 Å². The summed E-state index contributed by atoms with van der Waals surface area (Å²) in [5, 5.41) is 0. The second-order valence-electron chi connectivity index (χ2n) is 16.3. The van der Waals surface area contributed by atoms with Crippen molar-refractivity contribution in [2.75, 3.05) is 13.2 Å². The SMILES string of the molecule is CC/C=C\C/C=C\C/C=C\C/C=C\CCCCCCCCC(=O)OCC(COC(=O)CCCC/C=C\C/C=C\C/C=C\CC)OC(=O)CCCCCCCCC/C=C\C/C=C\CC. The Labute approximate surface area is 387 Å². The molecule has 0 fully saturated rings. The summed E-state index contributed by atoms with van der Waals surface area (Å²) < 4.78 is 16.7. The van der Waals surface area contributed by atoms with Gasteiger partial charge in [-0.25, -0.2) is 0 Å². The van der Waals surface area contributed by atoms with E-state index in [2.05, 4.69) is 130 Å². The van der Waals surface area contributed by atoms with Gasteiger partial charge in [0.25, 0.3) is 0 Å². The van der Waals surface area contributed by atoms with Crippen LogP contribution in [0, 0.1) is 0 Å². The minimum atomic E-state index is -0.805. The van der Waals surface area contributed by atoms with E-state index < -0.39 is 6.10 Å². The van der Waals surface area contributed by atoms with Crippen LogP contribution in [0.1, 0.15) is 213 Å². The smallest absolute Gasteiger partial charge is 0.306 e. The van der Waals surface area contributed by atoms with Crippen LogP contribution in [-0.2, 0) is 28.6 Å². The maximum atomic E-state index is 12.8. The van der Waals surface area contributed by atoms with Crippen molar-refractivity contribution in [1.29, 1.82) is 0 Å². The summed E-state index contributed by atoms with van der Waals surface area (Å²) in [6.07, 6.45) is 67.9. The van der Waals surface area contributed by atoms with Crippen molar-refractivity contribution in [3.8, 4) is 0 Å². The van der Waals surface area contributed by atoms with E-state index >= 15 is 0 Å². The number of hydrogen-bond donors (Lipinski definition) is 0. The highest BCUT2D eigenvalue weighted by molar-refractivity contribution is 5.71. The zero-order chi connectivity index (χ0) is 45.8. The molecule has 0 N–H and O–H groups in total. The third-order valence-corrected chi connectivity index (χ3v) is 10.3. The van der Waals surface area contributed by atoms with Crippen LogP contribution in [-0.4, -0.2) is 37.2 Å². The fraction of sp³-hybridized carbons (Fsp3) is 0.632. The standard InChI is InChI=1S/C57H92O6/c1-4-7-10-13-16-19-22-25-27-28-29-30-31-33-35-38-41-44-47-50-56(59)62-53-54(52-61-55(58)49-46-43-40-37-34-24-21-18-15-12-9-6-3)63-57(60)51-48-45-42-39-36-32-26-23-20-17-14-11-8-5-2/h7-12,16-21,25,27,29-30,34,37,54H,4-6,13-15,22-24,26,28,31-33,35-36,38-53H2,1-3H3/b10-7-,11-8-,12-9-,19-16-,20-17-,21-18-,27-25-,30-29-,37-34-. The monoisotopic (exact) mass is 873 g/mol. The lowest BCUT2D eigenvalue weighted by Crippen LogP contribution is -2.30. The Hall–Kier alpha value is -3.93. The van der Waals surface area contributed by atoms with Gasteiger partial charge in [0, 0.05) is 19.3 Å². The van der Waals surface area contributed by atoms with Crippen LogP contribution >= 0.6 is 0 Å². The van der Waals surface area contributed by atoms with Gasteiger partial charge in [0.1, 0.15) is 13.2 Å². The lowest BCUT2D eigenvalue weighted by atomic mass is 10.1. The Kier molecular flexibility index (Phi) is 47.5. The summed E-state index contributed by atoms with van der Waals surface area (Å²) in [4.78, 5) is 37.9. The predicted molar refractivity (Wildman–Crippen MR) is 270 cm³/mol. The maximum absolute atomic E-state index is 12.8. The van der Waals surface area contributed by atoms with Gasteiger partial charge in [-0.15, -0.1) is 0 Å². The summed E-state index contributed by atoms with van der Waals surface area (Å²) in [7, 11) is 0. The van der Waals surface area contributed by atoms with Crippen molar-refractivity contribution in [3.63, 3.8) is 0 Å². The first-order valence-corrected chi connectivity index (χ1v) is 25.4.